The summed E-state index contributed by atoms with van der Waals surface area (Å²) in [6.07, 6.45) is 1.56. The summed E-state index contributed by atoms with van der Waals surface area (Å²) in [7, 11) is -4.44. The summed E-state index contributed by atoms with van der Waals surface area (Å²) in [4.78, 5) is 22.0. The van der Waals surface area contributed by atoms with Gasteiger partial charge in [-0.15, -0.1) is 0 Å². The molecule has 0 saturated heterocycles. The standard InChI is InChI=1S/C19H20N2O7S/c1-3-13-28-16-11-9-15(10-12-16)20(14-19(22)27-4-2)29(25,26)18-8-6-5-7-17(18)21(23)24/h3,5-12H,1,4,13-14H2,2H3. The van der Waals surface area contributed by atoms with E-state index < -0.39 is 38.0 Å². The fraction of sp³-hybridized carbons (Fsp3) is 0.211. The molecule has 0 aliphatic heterocycles. The zero-order valence-corrected chi connectivity index (χ0v) is 16.5. The van der Waals surface area contributed by atoms with Crippen LogP contribution >= 0.6 is 0 Å². The summed E-state index contributed by atoms with van der Waals surface area (Å²) < 4.78 is 37.4. The van der Waals surface area contributed by atoms with Crippen LogP contribution in [0.1, 0.15) is 6.92 Å². The van der Waals surface area contributed by atoms with Crippen LogP contribution in [0.3, 0.4) is 0 Å². The summed E-state index contributed by atoms with van der Waals surface area (Å²) in [6, 6.07) is 10.8. The summed E-state index contributed by atoms with van der Waals surface area (Å²) in [5, 5.41) is 11.3. The highest BCUT2D eigenvalue weighted by Crippen LogP contribution is 2.30. The minimum atomic E-state index is -4.44. The zero-order valence-electron chi connectivity index (χ0n) is 15.7. The molecule has 0 heterocycles. The third kappa shape index (κ3) is 5.32. The molecule has 0 aromatic heterocycles. The molecule has 0 bridgehead atoms. The first-order chi connectivity index (χ1) is 13.8. The van der Waals surface area contributed by atoms with Crippen LogP contribution in [0.2, 0.25) is 0 Å². The van der Waals surface area contributed by atoms with Crippen LogP contribution in [0.15, 0.2) is 66.1 Å². The highest BCUT2D eigenvalue weighted by atomic mass is 32.2. The quantitative estimate of drug-likeness (QED) is 0.251. The number of ether oxygens (including phenoxy) is 2. The molecule has 154 valence electrons. The lowest BCUT2D eigenvalue weighted by Crippen LogP contribution is -2.36. The van der Waals surface area contributed by atoms with Gasteiger partial charge in [0, 0.05) is 6.07 Å². The second-order valence-corrected chi connectivity index (χ2v) is 7.47. The van der Waals surface area contributed by atoms with E-state index in [0.717, 1.165) is 16.4 Å². The fourth-order valence-corrected chi connectivity index (χ4v) is 4.02. The third-order valence-corrected chi connectivity index (χ3v) is 5.52. The number of benzene rings is 2. The Kier molecular flexibility index (Phi) is 7.32. The van der Waals surface area contributed by atoms with E-state index in [1.807, 2.05) is 0 Å². The van der Waals surface area contributed by atoms with Crippen molar-refractivity contribution >= 4 is 27.4 Å². The molecule has 0 unspecified atom stereocenters. The molecule has 0 N–H and O–H groups in total. The minimum absolute atomic E-state index is 0.0620. The van der Waals surface area contributed by atoms with Crippen molar-refractivity contribution in [2.24, 2.45) is 0 Å². The van der Waals surface area contributed by atoms with Gasteiger partial charge in [-0.05, 0) is 37.3 Å². The smallest absolute Gasteiger partial charge is 0.326 e. The number of esters is 1. The molecule has 2 aromatic carbocycles. The molecule has 2 aromatic rings. The van der Waals surface area contributed by atoms with Crippen molar-refractivity contribution in [3.8, 4) is 5.75 Å². The molecule has 0 atom stereocenters. The van der Waals surface area contributed by atoms with Crippen molar-refractivity contribution in [2.45, 2.75) is 11.8 Å². The number of nitro benzene ring substituents is 1. The van der Waals surface area contributed by atoms with E-state index in [1.54, 1.807) is 13.0 Å². The lowest BCUT2D eigenvalue weighted by atomic mass is 10.3. The average Bonchev–Trinajstić information content (AvgIpc) is 2.71. The molecule has 9 nitrogen and oxygen atoms in total. The zero-order chi connectivity index (χ0) is 21.4. The Labute approximate surface area is 168 Å². The molecule has 0 fully saturated rings. The van der Waals surface area contributed by atoms with Gasteiger partial charge in [-0.2, -0.15) is 0 Å². The van der Waals surface area contributed by atoms with Crippen LogP contribution in [0, 0.1) is 10.1 Å². The van der Waals surface area contributed by atoms with Gasteiger partial charge >= 0.3 is 5.97 Å². The molecule has 10 heteroatoms. The normalized spacial score (nSPS) is 10.8. The third-order valence-electron chi connectivity index (χ3n) is 3.70. The first-order valence-corrected chi connectivity index (χ1v) is 10.0. The summed E-state index contributed by atoms with van der Waals surface area (Å²) in [6.45, 7) is 4.81. The van der Waals surface area contributed by atoms with Crippen LogP contribution in [-0.4, -0.2) is 39.1 Å². The van der Waals surface area contributed by atoms with Gasteiger partial charge in [0.2, 0.25) is 0 Å². The Balaban J connectivity index is 2.51. The van der Waals surface area contributed by atoms with Gasteiger partial charge < -0.3 is 9.47 Å². The van der Waals surface area contributed by atoms with E-state index in [9.17, 15) is 23.3 Å². The van der Waals surface area contributed by atoms with Crippen molar-refractivity contribution in [3.63, 3.8) is 0 Å². The second kappa shape index (κ2) is 9.69. The van der Waals surface area contributed by atoms with E-state index in [0.29, 0.717) is 5.75 Å². The summed E-state index contributed by atoms with van der Waals surface area (Å²) in [5.41, 5.74) is -0.463. The molecular weight excluding hydrogens is 400 g/mol. The van der Waals surface area contributed by atoms with Gasteiger partial charge in [0.05, 0.1) is 17.2 Å². The van der Waals surface area contributed by atoms with Crippen molar-refractivity contribution in [1.29, 1.82) is 0 Å². The van der Waals surface area contributed by atoms with Crippen LogP contribution in [-0.2, 0) is 19.6 Å². The predicted octanol–water partition coefficient (Wildman–Crippen LogP) is 2.92. The number of hydrogen-bond acceptors (Lipinski definition) is 7. The Morgan fingerprint density at radius 2 is 1.86 bits per heavy atom. The van der Waals surface area contributed by atoms with Crippen molar-refractivity contribution in [2.75, 3.05) is 24.1 Å². The number of nitrogens with zero attached hydrogens (tertiary/aromatic N) is 2. The molecule has 0 saturated carbocycles. The first-order valence-electron chi connectivity index (χ1n) is 8.56. The lowest BCUT2D eigenvalue weighted by molar-refractivity contribution is -0.387. The van der Waals surface area contributed by atoms with Gasteiger partial charge in [-0.3, -0.25) is 19.2 Å². The van der Waals surface area contributed by atoms with Crippen molar-refractivity contribution in [1.82, 2.24) is 0 Å². The summed E-state index contributed by atoms with van der Waals surface area (Å²) in [5.74, 6) is -0.325. The highest BCUT2D eigenvalue weighted by molar-refractivity contribution is 7.93. The maximum atomic E-state index is 13.2. The summed E-state index contributed by atoms with van der Waals surface area (Å²) >= 11 is 0. The molecular formula is C19H20N2O7S. The number of anilines is 1. The number of rotatable bonds is 10. The van der Waals surface area contributed by atoms with Crippen molar-refractivity contribution < 1.29 is 27.6 Å². The number of nitro groups is 1. The average molecular weight is 420 g/mol. The molecule has 0 radical (unpaired) electrons. The Bertz CT molecular complexity index is 988. The van der Waals surface area contributed by atoms with Crippen molar-refractivity contribution in [3.05, 3.63) is 71.3 Å². The first kappa shape index (κ1) is 21.9. The van der Waals surface area contributed by atoms with Crippen LogP contribution in [0.25, 0.3) is 0 Å². The van der Waals surface area contributed by atoms with Crippen LogP contribution in [0.5, 0.6) is 5.75 Å². The van der Waals surface area contributed by atoms with E-state index in [2.05, 4.69) is 6.58 Å². The number of carbonyl (C=O) groups excluding carboxylic acids is 1. The van der Waals surface area contributed by atoms with Gasteiger partial charge in [0.1, 0.15) is 18.9 Å². The number of hydrogen-bond donors (Lipinski definition) is 0. The molecule has 2 rings (SSSR count). The van der Waals surface area contributed by atoms with Gasteiger partial charge in [0.25, 0.3) is 15.7 Å². The SMILES string of the molecule is C=CCOc1ccc(N(CC(=O)OCC)S(=O)(=O)c2ccccc2[N+](=O)[O-])cc1. The topological polar surface area (TPSA) is 116 Å². The Morgan fingerprint density at radius 3 is 2.45 bits per heavy atom. The molecule has 29 heavy (non-hydrogen) atoms. The molecule has 0 aliphatic rings. The number of para-hydroxylation sites is 1. The van der Waals surface area contributed by atoms with E-state index >= 15 is 0 Å². The minimum Gasteiger partial charge on any atom is -0.490 e. The highest BCUT2D eigenvalue weighted by Gasteiger charge is 2.33. The van der Waals surface area contributed by atoms with Crippen LogP contribution < -0.4 is 9.04 Å². The van der Waals surface area contributed by atoms with E-state index in [1.165, 1.54) is 36.4 Å². The maximum absolute atomic E-state index is 13.2. The Morgan fingerprint density at radius 1 is 1.21 bits per heavy atom. The number of sulfonamides is 1. The monoisotopic (exact) mass is 420 g/mol. The van der Waals surface area contributed by atoms with E-state index in [-0.39, 0.29) is 18.9 Å². The Hall–Kier alpha value is -3.40. The van der Waals surface area contributed by atoms with Gasteiger partial charge in [-0.25, -0.2) is 8.42 Å². The van der Waals surface area contributed by atoms with Crippen LogP contribution in [0.4, 0.5) is 11.4 Å². The van der Waals surface area contributed by atoms with E-state index in [4.69, 9.17) is 9.47 Å². The predicted molar refractivity (Wildman–Crippen MR) is 106 cm³/mol. The van der Waals surface area contributed by atoms with Gasteiger partial charge in [0.15, 0.2) is 4.90 Å². The lowest BCUT2D eigenvalue weighted by Gasteiger charge is -2.23. The fourth-order valence-electron chi connectivity index (χ4n) is 2.45. The second-order valence-electron chi connectivity index (χ2n) is 5.64. The molecule has 0 spiro atoms. The molecule has 0 aliphatic carbocycles. The van der Waals surface area contributed by atoms with Gasteiger partial charge in [-0.1, -0.05) is 24.8 Å². The molecule has 0 amide bonds. The maximum Gasteiger partial charge on any atom is 0.326 e. The largest absolute Gasteiger partial charge is 0.490 e. The number of carbonyl (C=O) groups is 1.